The van der Waals surface area contributed by atoms with Crippen LogP contribution in [0.2, 0.25) is 0 Å². The lowest BCUT2D eigenvalue weighted by atomic mass is 9.98. The number of thiophene rings is 1. The van der Waals surface area contributed by atoms with Gasteiger partial charge in [0.05, 0.1) is 11.0 Å². The van der Waals surface area contributed by atoms with Gasteiger partial charge in [0, 0.05) is 53.3 Å². The highest BCUT2D eigenvalue weighted by molar-refractivity contribution is 7.25. The van der Waals surface area contributed by atoms with Gasteiger partial charge in [0.15, 0.2) is 17.5 Å². The standard InChI is InChI=1S/C45H28N4S/c1-4-13-29(14-5-1)43-46-44(30-15-6-2-7-16-30)48-45(47-43)32-23-25-35-37-27-31(24-26-40(37)50-41(35)28-32)34-20-12-22-39-42(34)36-19-10-11-21-38(36)49(39)33-17-8-3-9-18-33/h1-28H. The summed E-state index contributed by atoms with van der Waals surface area (Å²) in [5, 5.41) is 5.01. The maximum absolute atomic E-state index is 4.97. The van der Waals surface area contributed by atoms with Crippen LogP contribution >= 0.6 is 11.3 Å². The first-order chi connectivity index (χ1) is 24.8. The van der Waals surface area contributed by atoms with Crippen molar-refractivity contribution >= 4 is 53.3 Å². The summed E-state index contributed by atoms with van der Waals surface area (Å²) >= 11 is 1.81. The number of fused-ring (bicyclic) bond motifs is 6. The molecule has 10 rings (SSSR count). The molecule has 50 heavy (non-hydrogen) atoms. The van der Waals surface area contributed by atoms with Crippen molar-refractivity contribution in [3.63, 3.8) is 0 Å². The van der Waals surface area contributed by atoms with Crippen molar-refractivity contribution in [2.24, 2.45) is 0 Å². The molecule has 0 N–H and O–H groups in total. The van der Waals surface area contributed by atoms with Gasteiger partial charge in [0.2, 0.25) is 0 Å². The average Bonchev–Trinajstić information content (AvgIpc) is 3.74. The van der Waals surface area contributed by atoms with E-state index in [9.17, 15) is 0 Å². The van der Waals surface area contributed by atoms with Crippen LogP contribution in [0.1, 0.15) is 0 Å². The number of benzene rings is 7. The highest BCUT2D eigenvalue weighted by atomic mass is 32.1. The average molecular weight is 657 g/mol. The fourth-order valence-corrected chi connectivity index (χ4v) is 8.26. The van der Waals surface area contributed by atoms with E-state index in [0.29, 0.717) is 17.5 Å². The predicted octanol–water partition coefficient (Wildman–Crippen LogP) is 12.0. The molecule has 0 saturated heterocycles. The topological polar surface area (TPSA) is 43.6 Å². The van der Waals surface area contributed by atoms with Crippen LogP contribution in [-0.4, -0.2) is 19.5 Å². The SMILES string of the molecule is c1ccc(-c2nc(-c3ccccc3)nc(-c3ccc4c(c3)sc3ccc(-c5cccc6c5c5ccccc5n6-c5ccccc5)cc34)n2)cc1. The van der Waals surface area contributed by atoms with Gasteiger partial charge in [0.25, 0.3) is 0 Å². The van der Waals surface area contributed by atoms with Crippen LogP contribution in [0.25, 0.3) is 93.0 Å². The molecular formula is C45H28N4S. The van der Waals surface area contributed by atoms with Crippen LogP contribution in [-0.2, 0) is 0 Å². The summed E-state index contributed by atoms with van der Waals surface area (Å²) in [6, 6.07) is 59.8. The Morgan fingerprint density at radius 1 is 0.380 bits per heavy atom. The molecule has 0 spiro atoms. The molecule has 3 aromatic heterocycles. The van der Waals surface area contributed by atoms with Gasteiger partial charge >= 0.3 is 0 Å². The zero-order chi connectivity index (χ0) is 33.0. The minimum Gasteiger partial charge on any atom is -0.309 e. The van der Waals surface area contributed by atoms with Gasteiger partial charge in [-0.3, -0.25) is 0 Å². The molecule has 0 radical (unpaired) electrons. The van der Waals surface area contributed by atoms with Crippen LogP contribution in [0.5, 0.6) is 0 Å². The van der Waals surface area contributed by atoms with Crippen molar-refractivity contribution in [1.29, 1.82) is 0 Å². The first-order valence-corrected chi connectivity index (χ1v) is 17.5. The highest BCUT2D eigenvalue weighted by Crippen LogP contribution is 2.42. The molecule has 10 aromatic rings. The molecule has 0 saturated carbocycles. The van der Waals surface area contributed by atoms with Crippen LogP contribution < -0.4 is 0 Å². The van der Waals surface area contributed by atoms with Gasteiger partial charge in [-0.15, -0.1) is 11.3 Å². The van der Waals surface area contributed by atoms with E-state index in [1.807, 2.05) is 72.0 Å². The number of para-hydroxylation sites is 2. The number of nitrogens with zero attached hydrogens (tertiary/aromatic N) is 4. The fourth-order valence-electron chi connectivity index (χ4n) is 7.14. The van der Waals surface area contributed by atoms with E-state index in [1.165, 1.54) is 53.1 Å². The molecule has 0 aliphatic carbocycles. The molecule has 0 bridgehead atoms. The summed E-state index contributed by atoms with van der Waals surface area (Å²) in [4.78, 5) is 14.8. The summed E-state index contributed by atoms with van der Waals surface area (Å²) in [7, 11) is 0. The first-order valence-electron chi connectivity index (χ1n) is 16.7. The van der Waals surface area contributed by atoms with E-state index in [0.717, 1.165) is 22.4 Å². The Bertz CT molecular complexity index is 2800. The van der Waals surface area contributed by atoms with E-state index in [4.69, 9.17) is 15.0 Å². The normalized spacial score (nSPS) is 11.6. The zero-order valence-corrected chi connectivity index (χ0v) is 27.7. The van der Waals surface area contributed by atoms with Crippen molar-refractivity contribution in [3.8, 4) is 51.0 Å². The van der Waals surface area contributed by atoms with Gasteiger partial charge in [0.1, 0.15) is 0 Å². The third kappa shape index (κ3) is 4.71. The molecule has 0 aliphatic rings. The second kappa shape index (κ2) is 11.6. The van der Waals surface area contributed by atoms with Gasteiger partial charge < -0.3 is 4.57 Å². The zero-order valence-electron chi connectivity index (χ0n) is 26.9. The van der Waals surface area contributed by atoms with Gasteiger partial charge in [-0.2, -0.15) is 0 Å². The Labute approximate surface area is 292 Å². The van der Waals surface area contributed by atoms with Crippen molar-refractivity contribution in [2.45, 2.75) is 0 Å². The molecule has 0 amide bonds. The molecule has 3 heterocycles. The maximum atomic E-state index is 4.97. The van der Waals surface area contributed by atoms with E-state index in [1.54, 1.807) is 0 Å². The lowest BCUT2D eigenvalue weighted by Crippen LogP contribution is -1.99. The third-order valence-corrected chi connectivity index (χ3v) is 10.6. The number of hydrogen-bond donors (Lipinski definition) is 0. The second-order valence-corrected chi connectivity index (χ2v) is 13.5. The summed E-state index contributed by atoms with van der Waals surface area (Å²) in [6.45, 7) is 0. The minimum absolute atomic E-state index is 0.665. The molecule has 5 heteroatoms. The molecule has 4 nitrogen and oxygen atoms in total. The first kappa shape index (κ1) is 28.6. The van der Waals surface area contributed by atoms with Gasteiger partial charge in [-0.1, -0.05) is 127 Å². The quantitative estimate of drug-likeness (QED) is 0.185. The minimum atomic E-state index is 0.665. The van der Waals surface area contributed by atoms with E-state index in [2.05, 4.69) is 114 Å². The smallest absolute Gasteiger partial charge is 0.164 e. The van der Waals surface area contributed by atoms with Gasteiger partial charge in [-0.05, 0) is 53.6 Å². The Balaban J connectivity index is 1.12. The van der Waals surface area contributed by atoms with Crippen LogP contribution in [0.15, 0.2) is 170 Å². The molecule has 234 valence electrons. The van der Waals surface area contributed by atoms with Crippen LogP contribution in [0.4, 0.5) is 0 Å². The largest absolute Gasteiger partial charge is 0.309 e. The fraction of sp³-hybridized carbons (Fsp3) is 0. The highest BCUT2D eigenvalue weighted by Gasteiger charge is 2.18. The number of aromatic nitrogens is 4. The Hall–Kier alpha value is -6.43. The lowest BCUT2D eigenvalue weighted by Gasteiger charge is -2.09. The van der Waals surface area contributed by atoms with Crippen molar-refractivity contribution in [3.05, 3.63) is 170 Å². The van der Waals surface area contributed by atoms with Crippen LogP contribution in [0.3, 0.4) is 0 Å². The van der Waals surface area contributed by atoms with Crippen LogP contribution in [0, 0.1) is 0 Å². The molecule has 7 aromatic carbocycles. The Morgan fingerprint density at radius 3 is 1.70 bits per heavy atom. The molecule has 0 fully saturated rings. The van der Waals surface area contributed by atoms with E-state index >= 15 is 0 Å². The van der Waals surface area contributed by atoms with Crippen molar-refractivity contribution in [1.82, 2.24) is 19.5 Å². The second-order valence-electron chi connectivity index (χ2n) is 12.5. The van der Waals surface area contributed by atoms with Crippen molar-refractivity contribution < 1.29 is 0 Å². The van der Waals surface area contributed by atoms with Gasteiger partial charge in [-0.25, -0.2) is 15.0 Å². The maximum Gasteiger partial charge on any atom is 0.164 e. The van der Waals surface area contributed by atoms with E-state index < -0.39 is 0 Å². The summed E-state index contributed by atoms with van der Waals surface area (Å²) in [5.41, 5.74) is 8.92. The summed E-state index contributed by atoms with van der Waals surface area (Å²) < 4.78 is 4.84. The number of rotatable bonds is 5. The Morgan fingerprint density at radius 2 is 0.980 bits per heavy atom. The van der Waals surface area contributed by atoms with E-state index in [-0.39, 0.29) is 0 Å². The Kier molecular flexibility index (Phi) is 6.64. The molecule has 0 atom stereocenters. The third-order valence-electron chi connectivity index (χ3n) is 9.45. The van der Waals surface area contributed by atoms with Crippen molar-refractivity contribution in [2.75, 3.05) is 0 Å². The summed E-state index contributed by atoms with van der Waals surface area (Å²) in [6.07, 6.45) is 0. The summed E-state index contributed by atoms with van der Waals surface area (Å²) in [5.74, 6) is 2.00. The number of hydrogen-bond acceptors (Lipinski definition) is 4. The molecule has 0 unspecified atom stereocenters. The molecule has 0 aliphatic heterocycles. The lowest BCUT2D eigenvalue weighted by molar-refractivity contribution is 1.07. The monoisotopic (exact) mass is 656 g/mol. The predicted molar refractivity (Wildman–Crippen MR) is 209 cm³/mol. The molecular weight excluding hydrogens is 629 g/mol.